The van der Waals surface area contributed by atoms with Crippen LogP contribution in [0.2, 0.25) is 0 Å². The lowest BCUT2D eigenvalue weighted by molar-refractivity contribution is 0.305. The number of rotatable bonds is 4. The van der Waals surface area contributed by atoms with Gasteiger partial charge in [-0.1, -0.05) is 30.9 Å². The average Bonchev–Trinajstić information content (AvgIpc) is 2.27. The number of hydrogen-bond donors (Lipinski definition) is 1. The molecule has 0 saturated heterocycles. The Kier molecular flexibility index (Phi) is 5.99. The predicted octanol–water partition coefficient (Wildman–Crippen LogP) is 2.67. The van der Waals surface area contributed by atoms with Crippen molar-refractivity contribution < 1.29 is 5.11 Å². The van der Waals surface area contributed by atoms with E-state index in [1.807, 2.05) is 23.9 Å². The fourth-order valence-electron chi connectivity index (χ4n) is 1.18. The molecule has 0 amide bonds. The first-order valence-corrected chi connectivity index (χ1v) is 6.28. The zero-order chi connectivity index (χ0) is 10.9. The quantitative estimate of drug-likeness (QED) is 0.787. The first-order chi connectivity index (χ1) is 7.36. The van der Waals surface area contributed by atoms with Gasteiger partial charge in [0.05, 0.1) is 6.61 Å². The molecule has 1 nitrogen and oxygen atoms in total. The molecule has 0 spiro atoms. The molecule has 0 aromatic heterocycles. The van der Waals surface area contributed by atoms with E-state index in [4.69, 9.17) is 5.11 Å². The van der Waals surface area contributed by atoms with Gasteiger partial charge in [0.2, 0.25) is 0 Å². The van der Waals surface area contributed by atoms with Gasteiger partial charge in [-0.25, -0.2) is 0 Å². The van der Waals surface area contributed by atoms with Gasteiger partial charge in [0.15, 0.2) is 0 Å². The summed E-state index contributed by atoms with van der Waals surface area (Å²) in [7, 11) is 0. The van der Waals surface area contributed by atoms with Gasteiger partial charge in [0.25, 0.3) is 0 Å². The Labute approximate surface area is 95.9 Å². The summed E-state index contributed by atoms with van der Waals surface area (Å²) in [5.74, 6) is 8.16. The average molecular weight is 220 g/mol. The van der Waals surface area contributed by atoms with Gasteiger partial charge in [-0.3, -0.25) is 0 Å². The molecule has 15 heavy (non-hydrogen) atoms. The van der Waals surface area contributed by atoms with Crippen molar-refractivity contribution in [3.8, 4) is 11.8 Å². The van der Waals surface area contributed by atoms with E-state index in [2.05, 4.69) is 30.9 Å². The van der Waals surface area contributed by atoms with Crippen molar-refractivity contribution in [1.82, 2.24) is 0 Å². The second kappa shape index (κ2) is 7.39. The summed E-state index contributed by atoms with van der Waals surface area (Å²) in [5, 5.41) is 8.61. The third-order valence-electron chi connectivity index (χ3n) is 1.87. The predicted molar refractivity (Wildman–Crippen MR) is 66.9 cm³/mol. The highest BCUT2D eigenvalue weighted by atomic mass is 32.2. The first-order valence-electron chi connectivity index (χ1n) is 5.13. The Hall–Kier alpha value is -0.910. The molecule has 0 aliphatic carbocycles. The molecule has 0 atom stereocenters. The van der Waals surface area contributed by atoms with Crippen LogP contribution in [0.15, 0.2) is 24.3 Å². The van der Waals surface area contributed by atoms with Crippen molar-refractivity contribution in [2.45, 2.75) is 19.1 Å². The molecule has 1 rings (SSSR count). The van der Waals surface area contributed by atoms with Gasteiger partial charge in [0.1, 0.15) is 0 Å². The van der Waals surface area contributed by atoms with Gasteiger partial charge in [0, 0.05) is 17.7 Å². The molecule has 0 radical (unpaired) electrons. The van der Waals surface area contributed by atoms with Crippen LogP contribution in [0, 0.1) is 11.8 Å². The Balaban J connectivity index is 2.62. The number of hydrogen-bond acceptors (Lipinski definition) is 2. The lowest BCUT2D eigenvalue weighted by Crippen LogP contribution is -1.83. The number of benzene rings is 1. The lowest BCUT2D eigenvalue weighted by Gasteiger charge is -1.99. The molecule has 0 saturated carbocycles. The number of aliphatic hydroxyl groups is 1. The maximum Gasteiger partial charge on any atom is 0.0540 e. The molecular weight excluding hydrogens is 204 g/mol. The lowest BCUT2D eigenvalue weighted by atomic mass is 10.1. The van der Waals surface area contributed by atoms with Crippen LogP contribution in [-0.2, 0) is 5.75 Å². The van der Waals surface area contributed by atoms with Crippen molar-refractivity contribution in [1.29, 1.82) is 0 Å². The van der Waals surface area contributed by atoms with E-state index in [0.29, 0.717) is 6.42 Å². The Morgan fingerprint density at radius 2 is 2.27 bits per heavy atom. The van der Waals surface area contributed by atoms with Crippen LogP contribution < -0.4 is 0 Å². The molecule has 1 aromatic carbocycles. The Bertz CT molecular complexity index is 349. The van der Waals surface area contributed by atoms with Crippen molar-refractivity contribution in [2.24, 2.45) is 0 Å². The first kappa shape index (κ1) is 12.2. The van der Waals surface area contributed by atoms with Crippen LogP contribution in [0.3, 0.4) is 0 Å². The minimum absolute atomic E-state index is 0.137. The fraction of sp³-hybridized carbons (Fsp3) is 0.385. The highest BCUT2D eigenvalue weighted by Crippen LogP contribution is 2.12. The number of aliphatic hydroxyl groups excluding tert-OH is 1. The third-order valence-corrected chi connectivity index (χ3v) is 2.82. The van der Waals surface area contributed by atoms with E-state index in [-0.39, 0.29) is 6.61 Å². The molecule has 1 aromatic rings. The van der Waals surface area contributed by atoms with Gasteiger partial charge in [-0.15, -0.1) is 0 Å². The zero-order valence-electron chi connectivity index (χ0n) is 8.99. The summed E-state index contributed by atoms with van der Waals surface area (Å²) in [4.78, 5) is 0. The van der Waals surface area contributed by atoms with Gasteiger partial charge >= 0.3 is 0 Å². The molecule has 0 fully saturated rings. The largest absolute Gasteiger partial charge is 0.395 e. The molecule has 0 heterocycles. The molecular formula is C13H16OS. The monoisotopic (exact) mass is 220 g/mol. The van der Waals surface area contributed by atoms with Gasteiger partial charge in [-0.05, 0) is 23.4 Å². The molecule has 0 bridgehead atoms. The third kappa shape index (κ3) is 4.92. The molecule has 80 valence electrons. The van der Waals surface area contributed by atoms with E-state index in [0.717, 1.165) is 17.1 Å². The summed E-state index contributed by atoms with van der Waals surface area (Å²) in [6.07, 6.45) is 0.550. The minimum atomic E-state index is 0.137. The summed E-state index contributed by atoms with van der Waals surface area (Å²) < 4.78 is 0. The molecule has 2 heteroatoms. The summed E-state index contributed by atoms with van der Waals surface area (Å²) in [6, 6.07) is 8.28. The molecule has 1 N–H and O–H groups in total. The second-order valence-corrected chi connectivity index (χ2v) is 4.39. The fourth-order valence-corrected chi connectivity index (χ4v) is 1.80. The topological polar surface area (TPSA) is 20.2 Å². The van der Waals surface area contributed by atoms with E-state index in [1.165, 1.54) is 5.56 Å². The smallest absolute Gasteiger partial charge is 0.0540 e. The SMILES string of the molecule is CCSCc1cccc(C#CCCO)c1. The van der Waals surface area contributed by atoms with Crippen LogP contribution in [0.4, 0.5) is 0 Å². The molecule has 0 unspecified atom stereocenters. The van der Waals surface area contributed by atoms with Gasteiger partial charge < -0.3 is 5.11 Å². The highest BCUT2D eigenvalue weighted by molar-refractivity contribution is 7.98. The van der Waals surface area contributed by atoms with Crippen LogP contribution in [-0.4, -0.2) is 17.5 Å². The Morgan fingerprint density at radius 1 is 1.40 bits per heavy atom. The maximum atomic E-state index is 8.61. The molecule has 0 aliphatic heterocycles. The van der Waals surface area contributed by atoms with Gasteiger partial charge in [-0.2, -0.15) is 11.8 Å². The molecule has 0 aliphatic rings. The zero-order valence-corrected chi connectivity index (χ0v) is 9.81. The van der Waals surface area contributed by atoms with Crippen LogP contribution in [0.5, 0.6) is 0 Å². The number of thioether (sulfide) groups is 1. The Morgan fingerprint density at radius 3 is 3.00 bits per heavy atom. The summed E-state index contributed by atoms with van der Waals surface area (Å²) in [5.41, 5.74) is 2.36. The van der Waals surface area contributed by atoms with Crippen molar-refractivity contribution in [2.75, 3.05) is 12.4 Å². The van der Waals surface area contributed by atoms with E-state index in [9.17, 15) is 0 Å². The van der Waals surface area contributed by atoms with E-state index in [1.54, 1.807) is 0 Å². The second-order valence-electron chi connectivity index (χ2n) is 3.11. The van der Waals surface area contributed by atoms with Crippen molar-refractivity contribution in [3.05, 3.63) is 35.4 Å². The highest BCUT2D eigenvalue weighted by Gasteiger charge is 1.93. The van der Waals surface area contributed by atoms with Crippen molar-refractivity contribution in [3.63, 3.8) is 0 Å². The van der Waals surface area contributed by atoms with Crippen LogP contribution >= 0.6 is 11.8 Å². The van der Waals surface area contributed by atoms with Crippen LogP contribution in [0.25, 0.3) is 0 Å². The minimum Gasteiger partial charge on any atom is -0.395 e. The van der Waals surface area contributed by atoms with Crippen LogP contribution in [0.1, 0.15) is 24.5 Å². The summed E-state index contributed by atoms with van der Waals surface area (Å²) in [6.45, 7) is 2.30. The van der Waals surface area contributed by atoms with Crippen molar-refractivity contribution >= 4 is 11.8 Å². The standard InChI is InChI=1S/C13H16OS/c1-2-15-11-13-8-5-7-12(10-13)6-3-4-9-14/h5,7-8,10,14H,2,4,9,11H2,1H3. The normalized spacial score (nSPS) is 9.47. The summed E-state index contributed by atoms with van der Waals surface area (Å²) >= 11 is 1.91. The maximum absolute atomic E-state index is 8.61. The van der Waals surface area contributed by atoms with E-state index >= 15 is 0 Å². The van der Waals surface area contributed by atoms with E-state index < -0.39 is 0 Å².